The fourth-order valence-corrected chi connectivity index (χ4v) is 3.30. The van der Waals surface area contributed by atoms with E-state index in [2.05, 4.69) is 4.72 Å². The van der Waals surface area contributed by atoms with Gasteiger partial charge in [0.2, 0.25) is 10.0 Å². The van der Waals surface area contributed by atoms with E-state index >= 15 is 0 Å². The Morgan fingerprint density at radius 3 is 2.31 bits per heavy atom. The summed E-state index contributed by atoms with van der Waals surface area (Å²) < 4.78 is 52.3. The van der Waals surface area contributed by atoms with Crippen LogP contribution in [0.1, 0.15) is 21.5 Å². The van der Waals surface area contributed by atoms with Crippen LogP contribution in [0, 0.1) is 18.6 Å². The van der Waals surface area contributed by atoms with Gasteiger partial charge >= 0.3 is 0 Å². The van der Waals surface area contributed by atoms with Gasteiger partial charge in [0.15, 0.2) is 11.6 Å². The third kappa shape index (κ3) is 6.79. The van der Waals surface area contributed by atoms with Gasteiger partial charge in [-0.05, 0) is 56.4 Å². The van der Waals surface area contributed by atoms with Crippen LogP contribution in [0.25, 0.3) is 0 Å². The van der Waals surface area contributed by atoms with Crippen LogP contribution in [0.4, 0.5) is 14.5 Å². The third-order valence-corrected chi connectivity index (χ3v) is 4.83. The Hall–Kier alpha value is -2.52. The normalized spacial score (nSPS) is 11.6. The summed E-state index contributed by atoms with van der Waals surface area (Å²) >= 11 is 0. The van der Waals surface area contributed by atoms with Gasteiger partial charge in [0.25, 0.3) is 5.91 Å². The highest BCUT2D eigenvalue weighted by Gasteiger charge is 2.19. The molecule has 6 nitrogen and oxygen atoms in total. The van der Waals surface area contributed by atoms with E-state index in [-0.39, 0.29) is 12.5 Å². The summed E-state index contributed by atoms with van der Waals surface area (Å²) in [6, 6.07) is 8.27. The maximum absolute atomic E-state index is 13.6. The summed E-state index contributed by atoms with van der Waals surface area (Å²) in [6.07, 6.45) is 1.04. The Kier molecular flexibility index (Phi) is 7.32. The van der Waals surface area contributed by atoms with E-state index in [1.54, 1.807) is 19.1 Å². The number of benzene rings is 2. The molecule has 0 unspecified atom stereocenters. The monoisotopic (exact) mass is 425 g/mol. The molecule has 0 radical (unpaired) electrons. The minimum absolute atomic E-state index is 0.0899. The molecule has 0 spiro atoms. The largest absolute Gasteiger partial charge is 0.333 e. The first kappa shape index (κ1) is 22.8. The highest BCUT2D eigenvalue weighted by molar-refractivity contribution is 7.92. The Labute approximate surface area is 170 Å². The number of aryl methyl sites for hydroxylation is 1. The number of nitrogens with one attached hydrogen (secondary N) is 1. The molecule has 1 amide bonds. The Bertz CT molecular complexity index is 994. The molecule has 0 fully saturated rings. The number of hydrogen-bond donors (Lipinski definition) is 1. The molecule has 29 heavy (non-hydrogen) atoms. The second kappa shape index (κ2) is 9.32. The van der Waals surface area contributed by atoms with Crippen LogP contribution in [0.5, 0.6) is 0 Å². The van der Waals surface area contributed by atoms with Crippen LogP contribution in [0.2, 0.25) is 0 Å². The molecule has 0 heterocycles. The molecule has 2 aromatic rings. The number of hydrogen-bond acceptors (Lipinski definition) is 4. The molecule has 0 bridgehead atoms. The molecule has 158 valence electrons. The maximum Gasteiger partial charge on any atom is 0.254 e. The van der Waals surface area contributed by atoms with Crippen LogP contribution in [-0.2, 0) is 16.6 Å². The first-order chi connectivity index (χ1) is 13.5. The average Bonchev–Trinajstić information content (AvgIpc) is 2.61. The maximum atomic E-state index is 13.6. The van der Waals surface area contributed by atoms with E-state index in [4.69, 9.17) is 0 Å². The van der Waals surface area contributed by atoms with Crippen molar-refractivity contribution in [2.75, 3.05) is 38.2 Å². The molecule has 9 heteroatoms. The van der Waals surface area contributed by atoms with Gasteiger partial charge < -0.3 is 9.80 Å². The minimum Gasteiger partial charge on any atom is -0.333 e. The molecule has 0 aliphatic carbocycles. The summed E-state index contributed by atoms with van der Waals surface area (Å²) in [5.74, 6) is -2.26. The topological polar surface area (TPSA) is 69.7 Å². The zero-order valence-electron chi connectivity index (χ0n) is 16.9. The minimum atomic E-state index is -3.50. The van der Waals surface area contributed by atoms with Gasteiger partial charge in [-0.15, -0.1) is 0 Å². The Balaban J connectivity index is 2.33. The van der Waals surface area contributed by atoms with Crippen molar-refractivity contribution in [3.8, 4) is 0 Å². The second-order valence-electron chi connectivity index (χ2n) is 7.18. The van der Waals surface area contributed by atoms with Crippen molar-refractivity contribution in [3.05, 3.63) is 64.7 Å². The lowest BCUT2D eigenvalue weighted by atomic mass is 10.1. The molecule has 0 saturated heterocycles. The SMILES string of the molecule is Cc1ccc(C(=O)N(CCN(C)C)Cc2ccc(F)c(F)c2)cc1NS(C)(=O)=O. The Morgan fingerprint density at radius 2 is 1.72 bits per heavy atom. The van der Waals surface area contributed by atoms with E-state index in [1.807, 2.05) is 19.0 Å². The van der Waals surface area contributed by atoms with Crippen LogP contribution >= 0.6 is 0 Å². The summed E-state index contributed by atoms with van der Waals surface area (Å²) in [7, 11) is 0.223. The van der Waals surface area contributed by atoms with Crippen molar-refractivity contribution in [1.82, 2.24) is 9.80 Å². The fraction of sp³-hybridized carbons (Fsp3) is 0.350. The predicted octanol–water partition coefficient (Wildman–Crippen LogP) is 2.85. The standard InChI is InChI=1S/C20H25F2N3O3S/c1-14-5-7-16(12-19(14)23-29(4,27)28)20(26)25(10-9-24(2)3)13-15-6-8-17(21)18(22)11-15/h5-8,11-12,23H,9-10,13H2,1-4H3. The van der Waals surface area contributed by atoms with Crippen molar-refractivity contribution in [2.24, 2.45) is 0 Å². The quantitative estimate of drug-likeness (QED) is 0.706. The number of anilines is 1. The molecule has 2 rings (SSSR count). The molecule has 0 aliphatic heterocycles. The highest BCUT2D eigenvalue weighted by atomic mass is 32.2. The molecule has 0 aliphatic rings. The van der Waals surface area contributed by atoms with E-state index in [9.17, 15) is 22.0 Å². The lowest BCUT2D eigenvalue weighted by molar-refractivity contribution is 0.0731. The van der Waals surface area contributed by atoms with Crippen LogP contribution in [0.3, 0.4) is 0 Å². The van der Waals surface area contributed by atoms with Crippen LogP contribution in [-0.4, -0.2) is 57.6 Å². The molecule has 0 aromatic heterocycles. The van der Waals surface area contributed by atoms with Gasteiger partial charge in [0, 0.05) is 25.2 Å². The molecular weight excluding hydrogens is 400 g/mol. The summed E-state index contributed by atoms with van der Waals surface area (Å²) in [5.41, 5.74) is 1.74. The highest BCUT2D eigenvalue weighted by Crippen LogP contribution is 2.20. The smallest absolute Gasteiger partial charge is 0.254 e. The van der Waals surface area contributed by atoms with E-state index in [1.165, 1.54) is 17.0 Å². The first-order valence-electron chi connectivity index (χ1n) is 8.92. The van der Waals surface area contributed by atoms with E-state index in [0.717, 1.165) is 18.4 Å². The van der Waals surface area contributed by atoms with E-state index in [0.29, 0.717) is 35.5 Å². The number of carbonyl (C=O) groups is 1. The number of sulfonamides is 1. The summed E-state index contributed by atoms with van der Waals surface area (Å²) in [4.78, 5) is 16.5. The van der Waals surface area contributed by atoms with Gasteiger partial charge in [-0.2, -0.15) is 0 Å². The lowest BCUT2D eigenvalue weighted by Crippen LogP contribution is -2.36. The zero-order valence-corrected chi connectivity index (χ0v) is 17.7. The van der Waals surface area contributed by atoms with Crippen LogP contribution < -0.4 is 4.72 Å². The molecule has 0 atom stereocenters. The number of likely N-dealkylation sites (N-methyl/N-ethyl adjacent to an activating group) is 1. The Morgan fingerprint density at radius 1 is 1.03 bits per heavy atom. The lowest BCUT2D eigenvalue weighted by Gasteiger charge is -2.25. The number of rotatable bonds is 8. The number of carbonyl (C=O) groups excluding carboxylic acids is 1. The fourth-order valence-electron chi connectivity index (χ4n) is 2.68. The third-order valence-electron chi connectivity index (χ3n) is 4.24. The van der Waals surface area contributed by atoms with Crippen molar-refractivity contribution < 1.29 is 22.0 Å². The van der Waals surface area contributed by atoms with Gasteiger partial charge in [-0.25, -0.2) is 17.2 Å². The van der Waals surface area contributed by atoms with Crippen molar-refractivity contribution in [1.29, 1.82) is 0 Å². The van der Waals surface area contributed by atoms with Gasteiger partial charge in [0.1, 0.15) is 0 Å². The summed E-state index contributed by atoms with van der Waals surface area (Å²) in [5, 5.41) is 0. The zero-order chi connectivity index (χ0) is 21.8. The van der Waals surface area contributed by atoms with Crippen molar-refractivity contribution in [3.63, 3.8) is 0 Å². The number of nitrogens with zero attached hydrogens (tertiary/aromatic N) is 2. The van der Waals surface area contributed by atoms with E-state index < -0.39 is 21.7 Å². The predicted molar refractivity (Wildman–Crippen MR) is 109 cm³/mol. The molecule has 2 aromatic carbocycles. The summed E-state index contributed by atoms with van der Waals surface area (Å²) in [6.45, 7) is 2.74. The van der Waals surface area contributed by atoms with Crippen LogP contribution in [0.15, 0.2) is 36.4 Å². The van der Waals surface area contributed by atoms with Gasteiger partial charge in [-0.1, -0.05) is 12.1 Å². The number of halogens is 2. The van der Waals surface area contributed by atoms with Gasteiger partial charge in [0.05, 0.1) is 11.9 Å². The average molecular weight is 426 g/mol. The molecule has 0 saturated carbocycles. The second-order valence-corrected chi connectivity index (χ2v) is 8.93. The first-order valence-corrected chi connectivity index (χ1v) is 10.8. The molecule has 1 N–H and O–H groups in total. The van der Waals surface area contributed by atoms with Crippen molar-refractivity contribution in [2.45, 2.75) is 13.5 Å². The molecular formula is C20H25F2N3O3S. The number of amides is 1. The van der Waals surface area contributed by atoms with Crippen molar-refractivity contribution >= 4 is 21.6 Å². The van der Waals surface area contributed by atoms with Gasteiger partial charge in [-0.3, -0.25) is 9.52 Å².